The van der Waals surface area contributed by atoms with Crippen LogP contribution in [0.1, 0.15) is 11.3 Å². The molecule has 3 aromatic rings. The van der Waals surface area contributed by atoms with E-state index in [0.717, 1.165) is 12.1 Å². The summed E-state index contributed by atoms with van der Waals surface area (Å²) >= 11 is 1.34. The van der Waals surface area contributed by atoms with Crippen LogP contribution >= 0.6 is 11.3 Å². The second kappa shape index (κ2) is 7.80. The molecule has 0 aliphatic rings. The first-order valence-corrected chi connectivity index (χ1v) is 8.32. The summed E-state index contributed by atoms with van der Waals surface area (Å²) < 4.78 is 27.0. The van der Waals surface area contributed by atoms with Crippen molar-refractivity contribution in [2.45, 2.75) is 13.0 Å². The molecule has 3 rings (SSSR count). The number of nitrogens with zero attached hydrogens (tertiary/aromatic N) is 2. The number of thiazole rings is 1. The largest absolute Gasteiger partial charge is 0.351 e. The minimum Gasteiger partial charge on any atom is -0.351 e. The molecule has 25 heavy (non-hydrogen) atoms. The average Bonchev–Trinajstić information content (AvgIpc) is 3.02. The molecular formula is C17H14F2N4OS. The third-order valence-electron chi connectivity index (χ3n) is 3.32. The van der Waals surface area contributed by atoms with Crippen molar-refractivity contribution < 1.29 is 13.6 Å². The van der Waals surface area contributed by atoms with Crippen molar-refractivity contribution >= 4 is 28.2 Å². The van der Waals surface area contributed by atoms with Crippen LogP contribution in [0.4, 0.5) is 19.7 Å². The van der Waals surface area contributed by atoms with Crippen molar-refractivity contribution in [1.29, 1.82) is 0 Å². The Morgan fingerprint density at radius 2 is 1.92 bits per heavy atom. The lowest BCUT2D eigenvalue weighted by Crippen LogP contribution is -2.25. The van der Waals surface area contributed by atoms with Gasteiger partial charge in [-0.3, -0.25) is 4.79 Å². The number of hydrogen-bond donors (Lipinski definition) is 2. The molecule has 0 saturated heterocycles. The summed E-state index contributed by atoms with van der Waals surface area (Å²) in [4.78, 5) is 20.4. The van der Waals surface area contributed by atoms with E-state index in [0.29, 0.717) is 16.6 Å². The lowest BCUT2D eigenvalue weighted by atomic mass is 10.2. The first-order chi connectivity index (χ1) is 12.1. The monoisotopic (exact) mass is 360 g/mol. The molecular weight excluding hydrogens is 346 g/mol. The average molecular weight is 360 g/mol. The van der Waals surface area contributed by atoms with Crippen molar-refractivity contribution in [2.75, 3.05) is 5.32 Å². The molecule has 0 bridgehead atoms. The molecule has 1 amide bonds. The Morgan fingerprint density at radius 3 is 2.64 bits per heavy atom. The molecule has 8 heteroatoms. The zero-order chi connectivity index (χ0) is 17.6. The summed E-state index contributed by atoms with van der Waals surface area (Å²) in [6, 6.07) is 9.04. The van der Waals surface area contributed by atoms with Gasteiger partial charge < -0.3 is 10.6 Å². The fraction of sp³-hybridized carbons (Fsp3) is 0.118. The van der Waals surface area contributed by atoms with E-state index in [1.165, 1.54) is 17.4 Å². The van der Waals surface area contributed by atoms with E-state index in [1.807, 2.05) is 6.07 Å². The molecule has 128 valence electrons. The van der Waals surface area contributed by atoms with Crippen LogP contribution in [0.15, 0.2) is 48.0 Å². The van der Waals surface area contributed by atoms with Crippen LogP contribution in [0.25, 0.3) is 0 Å². The molecule has 2 N–H and O–H groups in total. The van der Waals surface area contributed by atoms with Crippen molar-refractivity contribution in [1.82, 2.24) is 15.3 Å². The number of carbonyl (C=O) groups excluding carboxylic acids is 1. The fourth-order valence-electron chi connectivity index (χ4n) is 2.11. The Hall–Kier alpha value is -2.87. The zero-order valence-corrected chi connectivity index (χ0v) is 13.8. The van der Waals surface area contributed by atoms with E-state index in [4.69, 9.17) is 0 Å². The van der Waals surface area contributed by atoms with Crippen LogP contribution in [0, 0.1) is 11.6 Å². The molecule has 2 heterocycles. The second-order valence-corrected chi connectivity index (χ2v) is 6.00. The van der Waals surface area contributed by atoms with Crippen molar-refractivity contribution in [3.63, 3.8) is 0 Å². The Morgan fingerprint density at radius 1 is 1.12 bits per heavy atom. The molecule has 0 fully saturated rings. The summed E-state index contributed by atoms with van der Waals surface area (Å²) in [6.07, 6.45) is 1.68. The molecule has 0 saturated carbocycles. The van der Waals surface area contributed by atoms with Crippen LogP contribution in [-0.2, 0) is 17.8 Å². The van der Waals surface area contributed by atoms with E-state index < -0.39 is 11.6 Å². The smallest absolute Gasteiger partial charge is 0.226 e. The van der Waals surface area contributed by atoms with Gasteiger partial charge in [0.2, 0.25) is 5.91 Å². The number of halogens is 2. The highest BCUT2D eigenvalue weighted by Gasteiger charge is 2.12. The van der Waals surface area contributed by atoms with Crippen molar-refractivity contribution in [3.05, 3.63) is 70.9 Å². The number of rotatable bonds is 6. The maximum absolute atomic E-state index is 13.5. The third-order valence-corrected chi connectivity index (χ3v) is 4.12. The number of anilines is 2. The Bertz CT molecular complexity index is 850. The van der Waals surface area contributed by atoms with Gasteiger partial charge in [-0.1, -0.05) is 12.1 Å². The number of nitrogens with one attached hydrogen (secondary N) is 2. The standard InChI is InChI=1S/C17H14F2N4OS/c18-13-4-3-5-14(19)12(13)9-21-16(24)8-11-10-25-17(22-11)23-15-6-1-2-7-20-15/h1-7,10H,8-9H2,(H,21,24)(H,20,22,23). The van der Waals surface area contributed by atoms with E-state index in [-0.39, 0.29) is 24.4 Å². The summed E-state index contributed by atoms with van der Waals surface area (Å²) in [5.41, 5.74) is 0.404. The first-order valence-electron chi connectivity index (χ1n) is 7.44. The van der Waals surface area contributed by atoms with Gasteiger partial charge >= 0.3 is 0 Å². The van der Waals surface area contributed by atoms with E-state index in [1.54, 1.807) is 23.7 Å². The van der Waals surface area contributed by atoms with E-state index >= 15 is 0 Å². The Balaban J connectivity index is 1.55. The number of carbonyl (C=O) groups is 1. The van der Waals surface area contributed by atoms with Gasteiger partial charge in [0.15, 0.2) is 5.13 Å². The van der Waals surface area contributed by atoms with Gasteiger partial charge in [-0.05, 0) is 24.3 Å². The number of benzene rings is 1. The highest BCUT2D eigenvalue weighted by molar-refractivity contribution is 7.13. The molecule has 0 atom stereocenters. The number of amides is 1. The minimum absolute atomic E-state index is 0.0243. The van der Waals surface area contributed by atoms with E-state index in [9.17, 15) is 13.6 Å². The van der Waals surface area contributed by atoms with Gasteiger partial charge in [0.1, 0.15) is 17.5 Å². The number of hydrogen-bond acceptors (Lipinski definition) is 5. The van der Waals surface area contributed by atoms with Crippen molar-refractivity contribution in [3.8, 4) is 0 Å². The molecule has 0 radical (unpaired) electrons. The lowest BCUT2D eigenvalue weighted by molar-refractivity contribution is -0.120. The normalized spacial score (nSPS) is 10.5. The van der Waals surface area contributed by atoms with Crippen LogP contribution < -0.4 is 10.6 Å². The lowest BCUT2D eigenvalue weighted by Gasteiger charge is -2.06. The predicted molar refractivity (Wildman–Crippen MR) is 91.5 cm³/mol. The summed E-state index contributed by atoms with van der Waals surface area (Å²) in [5, 5.41) is 7.89. The second-order valence-electron chi connectivity index (χ2n) is 5.14. The van der Waals surface area contributed by atoms with Crippen LogP contribution in [-0.4, -0.2) is 15.9 Å². The molecule has 2 aromatic heterocycles. The summed E-state index contributed by atoms with van der Waals surface area (Å²) in [7, 11) is 0. The summed E-state index contributed by atoms with van der Waals surface area (Å²) in [6.45, 7) is -0.208. The van der Waals surface area contributed by atoms with Gasteiger partial charge in [0, 0.05) is 23.7 Å². The molecule has 0 spiro atoms. The zero-order valence-electron chi connectivity index (χ0n) is 13.0. The highest BCUT2D eigenvalue weighted by Crippen LogP contribution is 2.19. The number of pyridine rings is 1. The van der Waals surface area contributed by atoms with Gasteiger partial charge in [-0.15, -0.1) is 11.3 Å². The van der Waals surface area contributed by atoms with Gasteiger partial charge in [-0.2, -0.15) is 0 Å². The van der Waals surface area contributed by atoms with Crippen LogP contribution in [0.3, 0.4) is 0 Å². The Kier molecular flexibility index (Phi) is 5.30. The molecule has 0 aliphatic carbocycles. The maximum atomic E-state index is 13.5. The van der Waals surface area contributed by atoms with Gasteiger partial charge in [0.25, 0.3) is 0 Å². The topological polar surface area (TPSA) is 66.9 Å². The SMILES string of the molecule is O=C(Cc1csc(Nc2ccccn2)n1)NCc1c(F)cccc1F. The summed E-state index contributed by atoms with van der Waals surface area (Å²) in [5.74, 6) is -1.08. The Labute approximate surface area is 146 Å². The van der Waals surface area contributed by atoms with Gasteiger partial charge in [-0.25, -0.2) is 18.7 Å². The van der Waals surface area contributed by atoms with Crippen LogP contribution in [0.5, 0.6) is 0 Å². The first kappa shape index (κ1) is 17.0. The predicted octanol–water partition coefficient (Wildman–Crippen LogP) is 3.42. The maximum Gasteiger partial charge on any atom is 0.226 e. The minimum atomic E-state index is -0.684. The van der Waals surface area contributed by atoms with Gasteiger partial charge in [0.05, 0.1) is 12.1 Å². The van der Waals surface area contributed by atoms with E-state index in [2.05, 4.69) is 20.6 Å². The molecule has 1 aromatic carbocycles. The van der Waals surface area contributed by atoms with Crippen molar-refractivity contribution in [2.24, 2.45) is 0 Å². The fourth-order valence-corrected chi connectivity index (χ4v) is 2.82. The molecule has 0 aliphatic heterocycles. The third kappa shape index (κ3) is 4.57. The highest BCUT2D eigenvalue weighted by atomic mass is 32.1. The molecule has 0 unspecified atom stereocenters. The quantitative estimate of drug-likeness (QED) is 0.707. The molecule has 5 nitrogen and oxygen atoms in total. The van der Waals surface area contributed by atoms with Crippen LogP contribution in [0.2, 0.25) is 0 Å². The number of aromatic nitrogens is 2.